The van der Waals surface area contributed by atoms with E-state index in [0.29, 0.717) is 11.6 Å². The summed E-state index contributed by atoms with van der Waals surface area (Å²) in [7, 11) is 1.86. The van der Waals surface area contributed by atoms with E-state index in [0.717, 1.165) is 31.5 Å². The Balaban J connectivity index is 2.19. The van der Waals surface area contributed by atoms with Crippen LogP contribution in [-0.2, 0) is 0 Å². The predicted molar refractivity (Wildman–Crippen MR) is 89.3 cm³/mol. The number of amides is 1. The minimum atomic E-state index is -1.02. The van der Waals surface area contributed by atoms with Crippen LogP contribution in [0.2, 0.25) is 0 Å². The molecule has 0 aliphatic carbocycles. The van der Waals surface area contributed by atoms with Crippen molar-refractivity contribution in [3.05, 3.63) is 47.3 Å². The standard InChI is InChI=1S/C17H20F2N4O/c1-4-5-8-23(3)17-20-11(2)9-15(22-17)16(24)21-12-6-7-13(18)14(19)10-12/h6-7,9-10H,4-5,8H2,1-3H3,(H,21,24). The number of nitrogens with one attached hydrogen (secondary N) is 1. The number of rotatable bonds is 6. The van der Waals surface area contributed by atoms with Gasteiger partial charge in [0.1, 0.15) is 5.69 Å². The van der Waals surface area contributed by atoms with Crippen LogP contribution in [0.4, 0.5) is 20.4 Å². The topological polar surface area (TPSA) is 58.1 Å². The van der Waals surface area contributed by atoms with Crippen LogP contribution >= 0.6 is 0 Å². The first-order valence-electron chi connectivity index (χ1n) is 7.74. The largest absolute Gasteiger partial charge is 0.344 e. The first-order valence-corrected chi connectivity index (χ1v) is 7.74. The molecule has 0 saturated heterocycles. The van der Waals surface area contributed by atoms with Gasteiger partial charge in [-0.15, -0.1) is 0 Å². The first kappa shape index (κ1) is 17.8. The lowest BCUT2D eigenvalue weighted by molar-refractivity contribution is 0.102. The SMILES string of the molecule is CCCCN(C)c1nc(C)cc(C(=O)Nc2ccc(F)c(F)c2)n1. The van der Waals surface area contributed by atoms with Gasteiger partial charge >= 0.3 is 0 Å². The zero-order valence-corrected chi connectivity index (χ0v) is 13.9. The summed E-state index contributed by atoms with van der Waals surface area (Å²) in [6, 6.07) is 4.72. The lowest BCUT2D eigenvalue weighted by atomic mass is 10.2. The fraction of sp³-hybridized carbons (Fsp3) is 0.353. The van der Waals surface area contributed by atoms with Gasteiger partial charge in [0.05, 0.1) is 0 Å². The summed E-state index contributed by atoms with van der Waals surface area (Å²) in [5, 5.41) is 2.51. The fourth-order valence-corrected chi connectivity index (χ4v) is 2.10. The molecule has 1 heterocycles. The van der Waals surface area contributed by atoms with E-state index in [1.807, 2.05) is 11.9 Å². The summed E-state index contributed by atoms with van der Waals surface area (Å²) in [4.78, 5) is 22.8. The van der Waals surface area contributed by atoms with Crippen molar-refractivity contribution in [3.8, 4) is 0 Å². The van der Waals surface area contributed by atoms with Gasteiger partial charge < -0.3 is 10.2 Å². The molecule has 0 unspecified atom stereocenters. The predicted octanol–water partition coefficient (Wildman–Crippen LogP) is 3.55. The van der Waals surface area contributed by atoms with E-state index in [1.165, 1.54) is 6.07 Å². The van der Waals surface area contributed by atoms with Gasteiger partial charge in [0.15, 0.2) is 11.6 Å². The van der Waals surface area contributed by atoms with Gasteiger partial charge in [0, 0.05) is 31.0 Å². The van der Waals surface area contributed by atoms with Crippen molar-refractivity contribution in [1.82, 2.24) is 9.97 Å². The van der Waals surface area contributed by atoms with Crippen LogP contribution in [0.1, 0.15) is 35.9 Å². The Bertz CT molecular complexity index is 737. The maximum absolute atomic E-state index is 13.2. The van der Waals surface area contributed by atoms with Crippen molar-refractivity contribution < 1.29 is 13.6 Å². The smallest absolute Gasteiger partial charge is 0.274 e. The average molecular weight is 334 g/mol. The minimum Gasteiger partial charge on any atom is -0.344 e. The molecule has 24 heavy (non-hydrogen) atoms. The van der Waals surface area contributed by atoms with Crippen molar-refractivity contribution in [2.75, 3.05) is 23.8 Å². The monoisotopic (exact) mass is 334 g/mol. The van der Waals surface area contributed by atoms with Gasteiger partial charge in [-0.1, -0.05) is 13.3 Å². The van der Waals surface area contributed by atoms with Gasteiger partial charge in [-0.2, -0.15) is 0 Å². The molecule has 0 aliphatic rings. The molecule has 1 amide bonds. The van der Waals surface area contributed by atoms with Crippen LogP contribution < -0.4 is 10.2 Å². The van der Waals surface area contributed by atoms with E-state index >= 15 is 0 Å². The number of aryl methyl sites for hydroxylation is 1. The highest BCUT2D eigenvalue weighted by Crippen LogP contribution is 2.15. The van der Waals surface area contributed by atoms with Gasteiger partial charge in [-0.3, -0.25) is 4.79 Å². The van der Waals surface area contributed by atoms with Crippen molar-refractivity contribution in [2.45, 2.75) is 26.7 Å². The van der Waals surface area contributed by atoms with Crippen molar-refractivity contribution >= 4 is 17.5 Å². The molecule has 0 saturated carbocycles. The second-order valence-electron chi connectivity index (χ2n) is 5.55. The third kappa shape index (κ3) is 4.47. The number of aromatic nitrogens is 2. The highest BCUT2D eigenvalue weighted by Gasteiger charge is 2.14. The zero-order chi connectivity index (χ0) is 17.7. The molecule has 1 aromatic heterocycles. The third-order valence-electron chi connectivity index (χ3n) is 3.44. The zero-order valence-electron chi connectivity index (χ0n) is 13.9. The second-order valence-corrected chi connectivity index (χ2v) is 5.55. The molecular weight excluding hydrogens is 314 g/mol. The molecule has 0 aliphatic heterocycles. The van der Waals surface area contributed by atoms with Crippen LogP contribution in [0.3, 0.4) is 0 Å². The number of unbranched alkanes of at least 4 members (excludes halogenated alkanes) is 1. The molecule has 2 rings (SSSR count). The molecule has 0 spiro atoms. The van der Waals surface area contributed by atoms with Crippen LogP contribution in [0.5, 0.6) is 0 Å². The molecule has 7 heteroatoms. The number of carbonyl (C=O) groups excluding carboxylic acids is 1. The van der Waals surface area contributed by atoms with Gasteiger partial charge in [0.25, 0.3) is 5.91 Å². The number of carbonyl (C=O) groups is 1. The van der Waals surface area contributed by atoms with Crippen LogP contribution in [0.15, 0.2) is 24.3 Å². The summed E-state index contributed by atoms with van der Waals surface area (Å²) >= 11 is 0. The highest BCUT2D eigenvalue weighted by atomic mass is 19.2. The number of benzene rings is 1. The number of hydrogen-bond donors (Lipinski definition) is 1. The van der Waals surface area contributed by atoms with Gasteiger partial charge in [-0.25, -0.2) is 18.7 Å². The van der Waals surface area contributed by atoms with Gasteiger partial charge in [-0.05, 0) is 31.5 Å². The minimum absolute atomic E-state index is 0.163. The molecular formula is C17H20F2N4O. The Morgan fingerprint density at radius 2 is 1.96 bits per heavy atom. The maximum Gasteiger partial charge on any atom is 0.274 e. The van der Waals surface area contributed by atoms with E-state index in [9.17, 15) is 13.6 Å². The third-order valence-corrected chi connectivity index (χ3v) is 3.44. The summed E-state index contributed by atoms with van der Waals surface area (Å²) in [5.74, 6) is -2.03. The van der Waals surface area contributed by atoms with Gasteiger partial charge in [0.2, 0.25) is 5.95 Å². The molecule has 0 fully saturated rings. The molecule has 128 valence electrons. The molecule has 2 aromatic rings. The average Bonchev–Trinajstić information content (AvgIpc) is 2.55. The van der Waals surface area contributed by atoms with Crippen molar-refractivity contribution in [1.29, 1.82) is 0 Å². The molecule has 0 bridgehead atoms. The Labute approximate surface area is 139 Å². The lowest BCUT2D eigenvalue weighted by Gasteiger charge is -2.17. The van der Waals surface area contributed by atoms with Crippen LogP contribution in [-0.4, -0.2) is 29.5 Å². The summed E-state index contributed by atoms with van der Waals surface area (Å²) in [5.41, 5.74) is 0.986. The molecule has 0 radical (unpaired) electrons. The number of hydrogen-bond acceptors (Lipinski definition) is 4. The van der Waals surface area contributed by atoms with Crippen LogP contribution in [0.25, 0.3) is 0 Å². The van der Waals surface area contributed by atoms with Crippen molar-refractivity contribution in [2.24, 2.45) is 0 Å². The molecule has 1 aromatic carbocycles. The number of anilines is 2. The lowest BCUT2D eigenvalue weighted by Crippen LogP contribution is -2.23. The number of nitrogens with zero attached hydrogens (tertiary/aromatic N) is 3. The summed E-state index contributed by atoms with van der Waals surface area (Å²) < 4.78 is 26.2. The van der Waals surface area contributed by atoms with E-state index in [4.69, 9.17) is 0 Å². The van der Waals surface area contributed by atoms with E-state index < -0.39 is 17.5 Å². The summed E-state index contributed by atoms with van der Waals surface area (Å²) in [6.45, 7) is 4.64. The van der Waals surface area contributed by atoms with E-state index in [-0.39, 0.29) is 11.4 Å². The Hall–Kier alpha value is -2.57. The van der Waals surface area contributed by atoms with Crippen LogP contribution in [0, 0.1) is 18.6 Å². The maximum atomic E-state index is 13.2. The Morgan fingerprint density at radius 3 is 2.62 bits per heavy atom. The Morgan fingerprint density at radius 1 is 1.21 bits per heavy atom. The van der Waals surface area contributed by atoms with Crippen molar-refractivity contribution in [3.63, 3.8) is 0 Å². The van der Waals surface area contributed by atoms with E-state index in [1.54, 1.807) is 13.0 Å². The fourth-order valence-electron chi connectivity index (χ4n) is 2.10. The highest BCUT2D eigenvalue weighted by molar-refractivity contribution is 6.03. The first-order chi connectivity index (χ1) is 11.4. The normalized spacial score (nSPS) is 10.5. The molecule has 1 N–H and O–H groups in total. The van der Waals surface area contributed by atoms with E-state index in [2.05, 4.69) is 22.2 Å². The second kappa shape index (κ2) is 7.81. The summed E-state index contributed by atoms with van der Waals surface area (Å²) in [6.07, 6.45) is 2.03. The molecule has 5 nitrogen and oxygen atoms in total. The molecule has 0 atom stereocenters. The number of halogens is 2. The quantitative estimate of drug-likeness (QED) is 0.878. The Kier molecular flexibility index (Phi) is 5.78.